The molecule has 0 aliphatic carbocycles. The van der Waals surface area contributed by atoms with Gasteiger partial charge in [-0.05, 0) is 49.7 Å². The molecule has 2 amide bonds. The molecule has 2 aliphatic heterocycles. The number of benzene rings is 2. The fraction of sp³-hybridized carbons (Fsp3) is 0.483. The van der Waals surface area contributed by atoms with E-state index in [-0.39, 0.29) is 42.2 Å². The van der Waals surface area contributed by atoms with Crippen LogP contribution in [0.1, 0.15) is 49.7 Å². The molecule has 13 heteroatoms. The molecule has 2 aromatic rings. The Balaban J connectivity index is 1.12. The van der Waals surface area contributed by atoms with Crippen molar-refractivity contribution in [1.82, 2.24) is 9.80 Å². The molecule has 224 valence electrons. The van der Waals surface area contributed by atoms with Crippen LogP contribution in [0.4, 0.5) is 21.0 Å². The zero-order chi connectivity index (χ0) is 30.1. The van der Waals surface area contributed by atoms with Gasteiger partial charge < -0.3 is 19.3 Å². The van der Waals surface area contributed by atoms with Gasteiger partial charge in [0.15, 0.2) is 0 Å². The first-order valence-corrected chi connectivity index (χ1v) is 14.0. The predicted molar refractivity (Wildman–Crippen MR) is 149 cm³/mol. The van der Waals surface area contributed by atoms with E-state index in [2.05, 4.69) is 0 Å². The highest BCUT2D eigenvalue weighted by molar-refractivity contribution is 5.79. The normalized spacial score (nSPS) is 16.1. The Morgan fingerprint density at radius 3 is 1.38 bits per heavy atom. The topological polar surface area (TPSA) is 162 Å². The molecule has 2 aliphatic rings. The van der Waals surface area contributed by atoms with Crippen LogP contribution in [0.3, 0.4) is 0 Å². The second-order valence-corrected chi connectivity index (χ2v) is 10.7. The van der Waals surface area contributed by atoms with Gasteiger partial charge in [0.1, 0.15) is 19.0 Å². The van der Waals surface area contributed by atoms with Crippen LogP contribution in [-0.2, 0) is 27.5 Å². The van der Waals surface area contributed by atoms with Crippen molar-refractivity contribution in [2.24, 2.45) is 11.8 Å². The Bertz CT molecular complexity index is 1200. The molecular weight excluding hydrogens is 548 g/mol. The van der Waals surface area contributed by atoms with Crippen LogP contribution < -0.4 is 0 Å². The molecule has 0 spiro atoms. The molecule has 0 saturated carbocycles. The summed E-state index contributed by atoms with van der Waals surface area (Å²) in [5, 5.41) is 22.3. The molecule has 0 bridgehead atoms. The highest BCUT2D eigenvalue weighted by Crippen LogP contribution is 2.27. The number of carbonyl (C=O) groups excluding carboxylic acids is 3. The number of nitro groups is 2. The number of nitrogens with zero attached hydrogens (tertiary/aromatic N) is 4. The predicted octanol–water partition coefficient (Wildman–Crippen LogP) is 5.25. The lowest BCUT2D eigenvalue weighted by Crippen LogP contribution is -2.40. The molecule has 0 radical (unpaired) electrons. The fourth-order valence-electron chi connectivity index (χ4n) is 5.45. The van der Waals surface area contributed by atoms with E-state index in [9.17, 15) is 34.6 Å². The van der Waals surface area contributed by atoms with Gasteiger partial charge in [-0.2, -0.15) is 0 Å². The third-order valence-corrected chi connectivity index (χ3v) is 7.86. The van der Waals surface area contributed by atoms with E-state index in [1.54, 1.807) is 46.2 Å². The number of likely N-dealkylation sites (tertiary alicyclic amines) is 2. The van der Waals surface area contributed by atoms with Crippen molar-refractivity contribution in [3.05, 3.63) is 79.9 Å². The minimum atomic E-state index is -0.523. The van der Waals surface area contributed by atoms with Crippen molar-refractivity contribution < 1.29 is 33.7 Å². The van der Waals surface area contributed by atoms with Crippen molar-refractivity contribution in [1.29, 1.82) is 0 Å². The Hall–Kier alpha value is -4.55. The number of nitro benzene ring substituents is 2. The number of hydrogen-bond donors (Lipinski definition) is 0. The minimum Gasteiger partial charge on any atom is -0.444 e. The lowest BCUT2D eigenvalue weighted by atomic mass is 9.86. The maximum absolute atomic E-state index is 12.8. The molecule has 2 saturated heterocycles. The van der Waals surface area contributed by atoms with Crippen molar-refractivity contribution in [2.45, 2.75) is 51.7 Å². The molecule has 2 heterocycles. The fourth-order valence-corrected chi connectivity index (χ4v) is 5.45. The van der Waals surface area contributed by atoms with Gasteiger partial charge in [0, 0.05) is 51.2 Å². The highest BCUT2D eigenvalue weighted by atomic mass is 16.6. The van der Waals surface area contributed by atoms with E-state index in [1.807, 2.05) is 0 Å². The Morgan fingerprint density at radius 2 is 1.02 bits per heavy atom. The molecule has 13 nitrogen and oxygen atoms in total. The van der Waals surface area contributed by atoms with Gasteiger partial charge in [0.05, 0.1) is 21.0 Å². The smallest absolute Gasteiger partial charge is 0.410 e. The van der Waals surface area contributed by atoms with Crippen LogP contribution >= 0.6 is 0 Å². The van der Waals surface area contributed by atoms with Crippen LogP contribution in [0.15, 0.2) is 48.5 Å². The van der Waals surface area contributed by atoms with E-state index in [1.165, 1.54) is 12.1 Å². The van der Waals surface area contributed by atoms with Gasteiger partial charge >= 0.3 is 12.2 Å². The van der Waals surface area contributed by atoms with E-state index >= 15 is 0 Å². The van der Waals surface area contributed by atoms with E-state index in [0.717, 1.165) is 0 Å². The van der Waals surface area contributed by atoms with E-state index in [4.69, 9.17) is 9.47 Å². The van der Waals surface area contributed by atoms with Crippen molar-refractivity contribution in [3.8, 4) is 0 Å². The van der Waals surface area contributed by atoms with Crippen molar-refractivity contribution in [3.63, 3.8) is 0 Å². The number of para-hydroxylation sites is 2. The maximum Gasteiger partial charge on any atom is 0.410 e. The molecule has 2 aromatic carbocycles. The van der Waals surface area contributed by atoms with Gasteiger partial charge in [-0.25, -0.2) is 9.59 Å². The monoisotopic (exact) mass is 582 g/mol. The summed E-state index contributed by atoms with van der Waals surface area (Å²) in [5.41, 5.74) is 0.476. The summed E-state index contributed by atoms with van der Waals surface area (Å²) in [6.45, 7) is 1.47. The zero-order valence-corrected chi connectivity index (χ0v) is 23.2. The van der Waals surface area contributed by atoms with Gasteiger partial charge in [-0.1, -0.05) is 24.3 Å². The summed E-state index contributed by atoms with van der Waals surface area (Å²) in [7, 11) is 0. The van der Waals surface area contributed by atoms with E-state index in [0.29, 0.717) is 75.8 Å². The standard InChI is InChI=1S/C29H34N4O9/c34-25(17-21-9-13-30(14-10-21)28(35)41-19-23-5-1-3-7-26(23)32(37)38)18-22-11-15-31(16-12-22)29(36)42-20-24-6-2-4-8-27(24)33(39)40/h1-8,21-22H,9-20H2. The highest BCUT2D eigenvalue weighted by Gasteiger charge is 2.29. The van der Waals surface area contributed by atoms with Gasteiger partial charge in [-0.15, -0.1) is 0 Å². The van der Waals surface area contributed by atoms with Crippen LogP contribution in [0.25, 0.3) is 0 Å². The second-order valence-electron chi connectivity index (χ2n) is 10.7. The summed E-state index contributed by atoms with van der Waals surface area (Å²) >= 11 is 0. The third-order valence-electron chi connectivity index (χ3n) is 7.86. The van der Waals surface area contributed by atoms with Gasteiger partial charge in [0.2, 0.25) is 0 Å². The largest absolute Gasteiger partial charge is 0.444 e. The molecule has 0 atom stereocenters. The quantitative estimate of drug-likeness (QED) is 0.269. The molecule has 0 unspecified atom stereocenters. The molecule has 2 fully saturated rings. The summed E-state index contributed by atoms with van der Waals surface area (Å²) < 4.78 is 10.6. The first-order chi connectivity index (χ1) is 20.2. The van der Waals surface area contributed by atoms with Crippen molar-refractivity contribution >= 4 is 29.3 Å². The third kappa shape index (κ3) is 8.24. The number of ether oxygens (including phenoxy) is 2. The number of hydrogen-bond acceptors (Lipinski definition) is 9. The summed E-state index contributed by atoms with van der Waals surface area (Å²) in [4.78, 5) is 62.2. The van der Waals surface area contributed by atoms with Crippen LogP contribution in [0.5, 0.6) is 0 Å². The molecular formula is C29H34N4O9. The number of rotatable bonds is 10. The lowest BCUT2D eigenvalue weighted by Gasteiger charge is -2.32. The average Bonchev–Trinajstić information content (AvgIpc) is 2.99. The van der Waals surface area contributed by atoms with Crippen molar-refractivity contribution in [2.75, 3.05) is 26.2 Å². The number of amides is 2. The molecule has 0 aromatic heterocycles. The summed E-state index contributed by atoms with van der Waals surface area (Å²) in [5.74, 6) is 0.521. The Labute approximate surface area is 242 Å². The van der Waals surface area contributed by atoms with Crippen LogP contribution in [-0.4, -0.2) is 63.8 Å². The maximum atomic E-state index is 12.8. The van der Waals surface area contributed by atoms with Gasteiger partial charge in [-0.3, -0.25) is 25.0 Å². The number of ketones is 1. The minimum absolute atomic E-state index is 0.0931. The second kappa shape index (κ2) is 14.4. The van der Waals surface area contributed by atoms with Gasteiger partial charge in [0.25, 0.3) is 11.4 Å². The lowest BCUT2D eigenvalue weighted by molar-refractivity contribution is -0.386. The van der Waals surface area contributed by atoms with E-state index < -0.39 is 22.0 Å². The zero-order valence-electron chi connectivity index (χ0n) is 23.2. The number of Topliss-reactive ketones (excluding diaryl/α,β-unsaturated/α-hetero) is 1. The summed E-state index contributed by atoms with van der Waals surface area (Å²) in [6, 6.07) is 12.3. The Kier molecular flexibility index (Phi) is 10.4. The van der Waals surface area contributed by atoms with Crippen LogP contribution in [0, 0.1) is 32.1 Å². The molecule has 0 N–H and O–H groups in total. The Morgan fingerprint density at radius 1 is 0.667 bits per heavy atom. The van der Waals surface area contributed by atoms with Crippen LogP contribution in [0.2, 0.25) is 0 Å². The summed E-state index contributed by atoms with van der Waals surface area (Å²) in [6.07, 6.45) is 2.54. The number of carbonyl (C=O) groups is 3. The molecule has 42 heavy (non-hydrogen) atoms. The molecule has 4 rings (SSSR count). The SMILES string of the molecule is O=C(CC1CCN(C(=O)OCc2ccccc2[N+](=O)[O-])CC1)CC1CCN(C(=O)OCc2ccccc2[N+](=O)[O-])CC1. The average molecular weight is 583 g/mol. The first kappa shape index (κ1) is 30.4. The number of piperidine rings is 2. The first-order valence-electron chi connectivity index (χ1n) is 14.0.